The number of hydrogen-bond donors (Lipinski definition) is 1. The number of rotatable bonds is 2. The lowest BCUT2D eigenvalue weighted by Gasteiger charge is -2.10. The van der Waals surface area contributed by atoms with Gasteiger partial charge in [-0.2, -0.15) is 5.26 Å². The normalized spacial score (nSPS) is 10.1. The van der Waals surface area contributed by atoms with Crippen LogP contribution in [-0.4, -0.2) is 9.97 Å². The smallest absolute Gasteiger partial charge is 0.101 e. The van der Waals surface area contributed by atoms with Crippen LogP contribution in [0.3, 0.4) is 0 Å². The van der Waals surface area contributed by atoms with Crippen LogP contribution in [0.1, 0.15) is 5.56 Å². The number of pyridine rings is 2. The first-order chi connectivity index (χ1) is 9.38. The van der Waals surface area contributed by atoms with E-state index in [9.17, 15) is 0 Å². The first kappa shape index (κ1) is 11.2. The van der Waals surface area contributed by atoms with E-state index in [1.807, 2.05) is 24.3 Å². The maximum atomic E-state index is 9.08. The zero-order valence-corrected chi connectivity index (χ0v) is 10.0. The quantitative estimate of drug-likeness (QED) is 0.754. The summed E-state index contributed by atoms with van der Waals surface area (Å²) in [4.78, 5) is 8.18. The third kappa shape index (κ3) is 2.09. The van der Waals surface area contributed by atoms with E-state index in [2.05, 4.69) is 21.4 Å². The van der Waals surface area contributed by atoms with Gasteiger partial charge in [-0.25, -0.2) is 0 Å². The van der Waals surface area contributed by atoms with Crippen LogP contribution < -0.4 is 5.32 Å². The Morgan fingerprint density at radius 2 is 1.79 bits per heavy atom. The number of anilines is 2. The van der Waals surface area contributed by atoms with Crippen molar-refractivity contribution in [3.05, 3.63) is 60.7 Å². The Morgan fingerprint density at radius 1 is 0.947 bits per heavy atom. The van der Waals surface area contributed by atoms with Crippen LogP contribution in [0.25, 0.3) is 10.8 Å². The zero-order chi connectivity index (χ0) is 13.1. The average molecular weight is 246 g/mol. The van der Waals surface area contributed by atoms with E-state index < -0.39 is 0 Å². The lowest BCUT2D eigenvalue weighted by molar-refractivity contribution is 1.30. The van der Waals surface area contributed by atoms with Crippen molar-refractivity contribution in [1.82, 2.24) is 9.97 Å². The molecule has 0 amide bonds. The summed E-state index contributed by atoms with van der Waals surface area (Å²) in [5.74, 6) is 0. The molecule has 0 fully saturated rings. The number of fused-ring (bicyclic) bond motifs is 1. The van der Waals surface area contributed by atoms with Crippen LogP contribution in [0.5, 0.6) is 0 Å². The molecule has 19 heavy (non-hydrogen) atoms. The van der Waals surface area contributed by atoms with E-state index >= 15 is 0 Å². The first-order valence-electron chi connectivity index (χ1n) is 5.82. The van der Waals surface area contributed by atoms with Gasteiger partial charge >= 0.3 is 0 Å². The average Bonchev–Trinajstić information content (AvgIpc) is 2.48. The Hall–Kier alpha value is -2.93. The molecule has 4 nitrogen and oxygen atoms in total. The topological polar surface area (TPSA) is 61.6 Å². The third-order valence-electron chi connectivity index (χ3n) is 2.89. The zero-order valence-electron chi connectivity index (χ0n) is 10.0. The van der Waals surface area contributed by atoms with Crippen LogP contribution in [0.4, 0.5) is 11.4 Å². The first-order valence-corrected chi connectivity index (χ1v) is 5.82. The Morgan fingerprint density at radius 3 is 2.68 bits per heavy atom. The van der Waals surface area contributed by atoms with Crippen LogP contribution in [0.2, 0.25) is 0 Å². The number of nitrogens with one attached hydrogen (secondary N) is 1. The molecule has 4 heteroatoms. The second-order valence-corrected chi connectivity index (χ2v) is 4.06. The van der Waals surface area contributed by atoms with E-state index in [0.29, 0.717) is 11.3 Å². The number of hydrogen-bond acceptors (Lipinski definition) is 4. The molecule has 1 aromatic carbocycles. The molecule has 0 aliphatic carbocycles. The molecule has 0 saturated carbocycles. The summed E-state index contributed by atoms with van der Waals surface area (Å²) in [7, 11) is 0. The highest BCUT2D eigenvalue weighted by Crippen LogP contribution is 2.26. The van der Waals surface area contributed by atoms with Crippen molar-refractivity contribution in [3.8, 4) is 6.07 Å². The summed E-state index contributed by atoms with van der Waals surface area (Å²) >= 11 is 0. The molecule has 0 spiro atoms. The minimum atomic E-state index is 0.566. The molecule has 0 atom stereocenters. The fourth-order valence-corrected chi connectivity index (χ4v) is 1.96. The molecule has 3 rings (SSSR count). The largest absolute Gasteiger partial charge is 0.353 e. The molecule has 90 valence electrons. The monoisotopic (exact) mass is 246 g/mol. The molecule has 0 unspecified atom stereocenters. The second kappa shape index (κ2) is 4.75. The van der Waals surface area contributed by atoms with Crippen molar-refractivity contribution in [1.29, 1.82) is 5.26 Å². The summed E-state index contributed by atoms with van der Waals surface area (Å²) in [6.45, 7) is 0. The maximum Gasteiger partial charge on any atom is 0.101 e. The van der Waals surface area contributed by atoms with Crippen molar-refractivity contribution in [3.63, 3.8) is 0 Å². The Labute approximate surface area is 110 Å². The van der Waals surface area contributed by atoms with E-state index in [1.165, 1.54) is 0 Å². The summed E-state index contributed by atoms with van der Waals surface area (Å²) in [5, 5.41) is 14.4. The third-order valence-corrected chi connectivity index (χ3v) is 2.89. The second-order valence-electron chi connectivity index (χ2n) is 4.06. The van der Waals surface area contributed by atoms with E-state index in [1.54, 1.807) is 30.9 Å². The molecular formula is C15H10N4. The highest BCUT2D eigenvalue weighted by Gasteiger charge is 2.04. The van der Waals surface area contributed by atoms with Crippen LogP contribution in [0, 0.1) is 11.3 Å². The van der Waals surface area contributed by atoms with E-state index in [4.69, 9.17) is 5.26 Å². The van der Waals surface area contributed by atoms with E-state index in [0.717, 1.165) is 16.5 Å². The molecule has 0 bridgehead atoms. The number of aromatic nitrogens is 2. The Bertz CT molecular complexity index is 769. The van der Waals surface area contributed by atoms with Gasteiger partial charge in [0.15, 0.2) is 0 Å². The van der Waals surface area contributed by atoms with Crippen LogP contribution in [0.15, 0.2) is 55.1 Å². The van der Waals surface area contributed by atoms with Gasteiger partial charge in [-0.15, -0.1) is 0 Å². The lowest BCUT2D eigenvalue weighted by Crippen LogP contribution is -1.95. The maximum absolute atomic E-state index is 9.08. The summed E-state index contributed by atoms with van der Waals surface area (Å²) in [5.41, 5.74) is 2.17. The fraction of sp³-hybridized carbons (Fsp3) is 0. The van der Waals surface area contributed by atoms with Crippen molar-refractivity contribution < 1.29 is 0 Å². The number of benzene rings is 1. The van der Waals surface area contributed by atoms with Crippen molar-refractivity contribution in [2.75, 3.05) is 5.32 Å². The van der Waals surface area contributed by atoms with Gasteiger partial charge in [-0.05, 0) is 23.6 Å². The molecule has 0 saturated heterocycles. The number of nitriles is 1. The summed E-state index contributed by atoms with van der Waals surface area (Å²) in [6, 6.07) is 11.7. The van der Waals surface area contributed by atoms with Gasteiger partial charge in [-0.1, -0.05) is 12.1 Å². The number of nitrogens with zero attached hydrogens (tertiary/aromatic N) is 3. The SMILES string of the molecule is N#Cc1ccncc1Nc1cccc2ccncc12. The van der Waals surface area contributed by atoms with Gasteiger partial charge in [-0.3, -0.25) is 9.97 Å². The van der Waals surface area contributed by atoms with Gasteiger partial charge in [0.2, 0.25) is 0 Å². The molecule has 0 radical (unpaired) electrons. The Balaban J connectivity index is 2.09. The van der Waals surface area contributed by atoms with Gasteiger partial charge in [0, 0.05) is 29.7 Å². The van der Waals surface area contributed by atoms with Crippen molar-refractivity contribution in [2.45, 2.75) is 0 Å². The highest BCUT2D eigenvalue weighted by molar-refractivity contribution is 5.94. The van der Waals surface area contributed by atoms with Crippen molar-refractivity contribution in [2.24, 2.45) is 0 Å². The van der Waals surface area contributed by atoms with Crippen molar-refractivity contribution >= 4 is 22.1 Å². The predicted octanol–water partition coefficient (Wildman–Crippen LogP) is 3.25. The van der Waals surface area contributed by atoms with Gasteiger partial charge in [0.1, 0.15) is 6.07 Å². The minimum Gasteiger partial charge on any atom is -0.353 e. The lowest BCUT2D eigenvalue weighted by atomic mass is 10.1. The van der Waals surface area contributed by atoms with Gasteiger partial charge in [0.05, 0.1) is 17.4 Å². The van der Waals surface area contributed by atoms with Crippen LogP contribution in [-0.2, 0) is 0 Å². The van der Waals surface area contributed by atoms with Gasteiger partial charge < -0.3 is 5.32 Å². The van der Waals surface area contributed by atoms with Gasteiger partial charge in [0.25, 0.3) is 0 Å². The molecule has 3 aromatic rings. The van der Waals surface area contributed by atoms with Crippen LogP contribution >= 0.6 is 0 Å². The predicted molar refractivity (Wildman–Crippen MR) is 74.0 cm³/mol. The molecule has 0 aliphatic rings. The molecule has 0 aliphatic heterocycles. The molecule has 2 aromatic heterocycles. The standard InChI is InChI=1S/C15H10N4/c16-8-12-5-7-18-10-15(12)19-14-3-1-2-11-4-6-17-9-13(11)14/h1-7,9-10,19H. The highest BCUT2D eigenvalue weighted by atomic mass is 14.9. The summed E-state index contributed by atoms with van der Waals surface area (Å²) in [6.07, 6.45) is 6.82. The fourth-order valence-electron chi connectivity index (χ4n) is 1.96. The molecule has 1 N–H and O–H groups in total. The summed E-state index contributed by atoms with van der Waals surface area (Å²) < 4.78 is 0. The molecular weight excluding hydrogens is 236 g/mol. The minimum absolute atomic E-state index is 0.566. The Kier molecular flexibility index (Phi) is 2.79. The van der Waals surface area contributed by atoms with E-state index in [-0.39, 0.29) is 0 Å². The molecule has 2 heterocycles.